The third-order valence-electron chi connectivity index (χ3n) is 3.00. The fraction of sp³-hybridized carbons (Fsp3) is 0.312. The van der Waals surface area contributed by atoms with Crippen LogP contribution in [0.4, 0.5) is 4.39 Å². The number of nitrogens with one attached hydrogen (secondary N) is 1. The minimum atomic E-state index is -0.288. The third-order valence-corrected chi connectivity index (χ3v) is 4.63. The number of pyridine rings is 1. The van der Waals surface area contributed by atoms with Crippen LogP contribution in [0.3, 0.4) is 0 Å². The van der Waals surface area contributed by atoms with Crippen molar-refractivity contribution < 1.29 is 4.39 Å². The average Bonchev–Trinajstić information content (AvgIpc) is 2.49. The van der Waals surface area contributed by atoms with E-state index in [1.165, 1.54) is 11.1 Å². The summed E-state index contributed by atoms with van der Waals surface area (Å²) in [5.41, 5.74) is 0.896. The molecule has 0 aliphatic rings. The Morgan fingerprint density at radius 2 is 2.05 bits per heavy atom. The van der Waals surface area contributed by atoms with Crippen molar-refractivity contribution in [1.82, 2.24) is 10.3 Å². The van der Waals surface area contributed by atoms with Gasteiger partial charge >= 0.3 is 0 Å². The fourth-order valence-electron chi connectivity index (χ4n) is 1.92. The molecule has 0 saturated carbocycles. The van der Waals surface area contributed by atoms with Crippen molar-refractivity contribution >= 4 is 27.7 Å². The highest BCUT2D eigenvalue weighted by molar-refractivity contribution is 9.10. The number of rotatable bonds is 7. The predicted molar refractivity (Wildman–Crippen MR) is 90.1 cm³/mol. The summed E-state index contributed by atoms with van der Waals surface area (Å²) in [6, 6.07) is 9.87. The van der Waals surface area contributed by atoms with E-state index in [0.717, 1.165) is 28.8 Å². The Morgan fingerprint density at radius 3 is 2.71 bits per heavy atom. The van der Waals surface area contributed by atoms with Gasteiger partial charge in [0.15, 0.2) is 0 Å². The second-order valence-corrected chi connectivity index (χ2v) is 6.72. The van der Waals surface area contributed by atoms with E-state index in [9.17, 15) is 4.39 Å². The number of benzene rings is 1. The molecule has 112 valence electrons. The first-order valence-corrected chi connectivity index (χ1v) is 8.69. The Bertz CT molecular complexity index is 562. The van der Waals surface area contributed by atoms with Crippen molar-refractivity contribution in [2.24, 2.45) is 0 Å². The van der Waals surface area contributed by atoms with Gasteiger partial charge in [0.25, 0.3) is 0 Å². The lowest BCUT2D eigenvalue weighted by molar-refractivity contribution is 0.564. The van der Waals surface area contributed by atoms with Gasteiger partial charge in [-0.15, -0.1) is 11.8 Å². The van der Waals surface area contributed by atoms with Gasteiger partial charge in [-0.3, -0.25) is 4.98 Å². The van der Waals surface area contributed by atoms with Crippen molar-refractivity contribution in [3.05, 3.63) is 58.6 Å². The summed E-state index contributed by atoms with van der Waals surface area (Å²) in [7, 11) is 0. The normalized spacial score (nSPS) is 12.3. The summed E-state index contributed by atoms with van der Waals surface area (Å²) in [6.07, 6.45) is 4.02. The first-order valence-electron chi connectivity index (χ1n) is 6.91. The van der Waals surface area contributed by atoms with Gasteiger partial charge in [-0.2, -0.15) is 0 Å². The van der Waals surface area contributed by atoms with Gasteiger partial charge in [-0.25, -0.2) is 4.39 Å². The van der Waals surface area contributed by atoms with Crippen LogP contribution in [-0.4, -0.2) is 17.3 Å². The van der Waals surface area contributed by atoms with E-state index in [1.807, 2.05) is 12.1 Å². The maximum Gasteiger partial charge on any atom is 0.141 e. The van der Waals surface area contributed by atoms with Gasteiger partial charge in [-0.1, -0.05) is 22.9 Å². The Labute approximate surface area is 137 Å². The van der Waals surface area contributed by atoms with E-state index in [1.54, 1.807) is 24.0 Å². The van der Waals surface area contributed by atoms with Crippen LogP contribution < -0.4 is 5.32 Å². The van der Waals surface area contributed by atoms with Crippen molar-refractivity contribution in [3.63, 3.8) is 0 Å². The van der Waals surface area contributed by atoms with E-state index in [2.05, 4.69) is 45.3 Å². The SMILES string of the molecule is CCCNC(CSc1ccc(Br)cc1)c1cncc(F)c1. The number of aromatic nitrogens is 1. The molecule has 0 spiro atoms. The number of thioether (sulfide) groups is 1. The third kappa shape index (κ3) is 5.41. The Kier molecular flexibility index (Phi) is 6.67. The van der Waals surface area contributed by atoms with Crippen LogP contribution in [0.15, 0.2) is 52.1 Å². The molecule has 1 aromatic heterocycles. The summed E-state index contributed by atoms with van der Waals surface area (Å²) in [5.74, 6) is 0.552. The van der Waals surface area contributed by atoms with E-state index in [4.69, 9.17) is 0 Å². The van der Waals surface area contributed by atoms with Crippen LogP contribution >= 0.6 is 27.7 Å². The zero-order chi connectivity index (χ0) is 15.1. The van der Waals surface area contributed by atoms with Gasteiger partial charge in [-0.05, 0) is 48.9 Å². The Morgan fingerprint density at radius 1 is 1.29 bits per heavy atom. The number of hydrogen-bond donors (Lipinski definition) is 1. The second-order valence-electron chi connectivity index (χ2n) is 4.71. The van der Waals surface area contributed by atoms with E-state index >= 15 is 0 Å². The molecule has 2 rings (SSSR count). The predicted octanol–water partition coefficient (Wildman–Crippen LogP) is 4.82. The van der Waals surface area contributed by atoms with Crippen LogP contribution in [-0.2, 0) is 0 Å². The van der Waals surface area contributed by atoms with Crippen molar-refractivity contribution in [2.45, 2.75) is 24.3 Å². The molecule has 0 fully saturated rings. The maximum atomic E-state index is 13.4. The molecule has 1 unspecified atom stereocenters. The average molecular weight is 369 g/mol. The summed E-state index contributed by atoms with van der Waals surface area (Å²) in [5, 5.41) is 3.46. The molecule has 1 aromatic carbocycles. The summed E-state index contributed by atoms with van der Waals surface area (Å²) in [4.78, 5) is 5.15. The molecule has 1 atom stereocenters. The quantitative estimate of drug-likeness (QED) is 0.709. The largest absolute Gasteiger partial charge is 0.309 e. The molecule has 0 amide bonds. The molecule has 1 N–H and O–H groups in total. The topological polar surface area (TPSA) is 24.9 Å². The highest BCUT2D eigenvalue weighted by Gasteiger charge is 2.12. The zero-order valence-electron chi connectivity index (χ0n) is 11.9. The molecule has 0 bridgehead atoms. The molecule has 0 aliphatic heterocycles. The van der Waals surface area contributed by atoms with Crippen molar-refractivity contribution in [2.75, 3.05) is 12.3 Å². The summed E-state index contributed by atoms with van der Waals surface area (Å²) >= 11 is 5.19. The number of nitrogens with zero attached hydrogens (tertiary/aromatic N) is 1. The van der Waals surface area contributed by atoms with Crippen molar-refractivity contribution in [3.8, 4) is 0 Å². The smallest absolute Gasteiger partial charge is 0.141 e. The minimum absolute atomic E-state index is 0.0989. The lowest BCUT2D eigenvalue weighted by Crippen LogP contribution is -2.24. The molecule has 5 heteroatoms. The molecular weight excluding hydrogens is 351 g/mol. The lowest BCUT2D eigenvalue weighted by Gasteiger charge is -2.18. The summed E-state index contributed by atoms with van der Waals surface area (Å²) in [6.45, 7) is 3.03. The first kappa shape index (κ1) is 16.5. The zero-order valence-corrected chi connectivity index (χ0v) is 14.3. The molecule has 2 aromatic rings. The van der Waals surface area contributed by atoms with Crippen LogP contribution in [0.5, 0.6) is 0 Å². The van der Waals surface area contributed by atoms with Crippen molar-refractivity contribution in [1.29, 1.82) is 0 Å². The molecular formula is C16H18BrFN2S. The Hall–Kier alpha value is -0.910. The molecule has 0 radical (unpaired) electrons. The van der Waals surface area contributed by atoms with Gasteiger partial charge in [0, 0.05) is 27.4 Å². The highest BCUT2D eigenvalue weighted by Crippen LogP contribution is 2.26. The monoisotopic (exact) mass is 368 g/mol. The molecule has 1 heterocycles. The molecule has 21 heavy (non-hydrogen) atoms. The fourth-order valence-corrected chi connectivity index (χ4v) is 3.18. The summed E-state index contributed by atoms with van der Waals surface area (Å²) < 4.78 is 14.4. The van der Waals surface area contributed by atoms with Crippen LogP contribution in [0.2, 0.25) is 0 Å². The van der Waals surface area contributed by atoms with Crippen LogP contribution in [0, 0.1) is 5.82 Å². The molecule has 0 saturated heterocycles. The number of hydrogen-bond acceptors (Lipinski definition) is 3. The first-order chi connectivity index (χ1) is 10.2. The standard InChI is InChI=1S/C16H18BrFN2S/c1-2-7-20-16(12-8-14(18)10-19-9-12)11-21-15-5-3-13(17)4-6-15/h3-6,8-10,16,20H,2,7,11H2,1H3. The second kappa shape index (κ2) is 8.51. The highest BCUT2D eigenvalue weighted by atomic mass is 79.9. The number of halogens is 2. The van der Waals surface area contributed by atoms with E-state index in [-0.39, 0.29) is 11.9 Å². The van der Waals surface area contributed by atoms with E-state index < -0.39 is 0 Å². The molecule has 2 nitrogen and oxygen atoms in total. The van der Waals surface area contributed by atoms with E-state index in [0.29, 0.717) is 0 Å². The van der Waals surface area contributed by atoms with Gasteiger partial charge < -0.3 is 5.32 Å². The minimum Gasteiger partial charge on any atom is -0.309 e. The lowest BCUT2D eigenvalue weighted by atomic mass is 10.1. The van der Waals surface area contributed by atoms with Gasteiger partial charge in [0.05, 0.1) is 6.20 Å². The Balaban J connectivity index is 2.04. The maximum absolute atomic E-state index is 13.4. The van der Waals surface area contributed by atoms with Crippen LogP contribution in [0.25, 0.3) is 0 Å². The van der Waals surface area contributed by atoms with Gasteiger partial charge in [0.1, 0.15) is 5.82 Å². The van der Waals surface area contributed by atoms with Gasteiger partial charge in [0.2, 0.25) is 0 Å². The molecule has 0 aliphatic carbocycles. The van der Waals surface area contributed by atoms with Crippen LogP contribution in [0.1, 0.15) is 24.9 Å².